The van der Waals surface area contributed by atoms with Crippen molar-refractivity contribution in [1.82, 2.24) is 9.80 Å². The summed E-state index contributed by atoms with van der Waals surface area (Å²) in [5.41, 5.74) is 0.732. The number of hydrogen-bond donors (Lipinski definition) is 0. The van der Waals surface area contributed by atoms with Crippen molar-refractivity contribution in [3.8, 4) is 0 Å². The Bertz CT molecular complexity index is 574. The molecule has 6 nitrogen and oxygen atoms in total. The molecule has 0 radical (unpaired) electrons. The number of rotatable bonds is 6. The minimum Gasteiger partial charge on any atom is -0.343 e. The number of piperidine rings is 1. The number of benzene rings is 1. The Morgan fingerprint density at radius 3 is 2.70 bits per heavy atom. The van der Waals surface area contributed by atoms with Crippen LogP contribution in [-0.2, 0) is 11.3 Å². The second kappa shape index (κ2) is 8.26. The summed E-state index contributed by atoms with van der Waals surface area (Å²) in [5, 5.41) is 11.3. The lowest BCUT2D eigenvalue weighted by Gasteiger charge is -2.27. The average Bonchev–Trinajstić information content (AvgIpc) is 2.55. The van der Waals surface area contributed by atoms with Gasteiger partial charge in [0.2, 0.25) is 5.91 Å². The van der Waals surface area contributed by atoms with Crippen LogP contribution in [0.25, 0.3) is 0 Å². The summed E-state index contributed by atoms with van der Waals surface area (Å²) in [7, 11) is 1.89. The van der Waals surface area contributed by atoms with Crippen LogP contribution in [0.3, 0.4) is 0 Å². The molecule has 1 fully saturated rings. The van der Waals surface area contributed by atoms with Crippen molar-refractivity contribution in [3.63, 3.8) is 0 Å². The topological polar surface area (TPSA) is 66.7 Å². The summed E-state index contributed by atoms with van der Waals surface area (Å²) < 4.78 is 0. The zero-order valence-electron chi connectivity index (χ0n) is 13.3. The van der Waals surface area contributed by atoms with Gasteiger partial charge in [-0.3, -0.25) is 14.9 Å². The van der Waals surface area contributed by atoms with Crippen molar-refractivity contribution in [3.05, 3.63) is 38.9 Å². The second-order valence-corrected chi connectivity index (χ2v) is 6.37. The largest absolute Gasteiger partial charge is 0.343 e. The molecule has 7 heteroatoms. The summed E-state index contributed by atoms with van der Waals surface area (Å²) in [6, 6.07) is 4.43. The van der Waals surface area contributed by atoms with Gasteiger partial charge < -0.3 is 9.80 Å². The Hall–Kier alpha value is -1.66. The van der Waals surface area contributed by atoms with Gasteiger partial charge in [-0.05, 0) is 37.9 Å². The minimum absolute atomic E-state index is 0.0298. The number of carbonyl (C=O) groups excluding carboxylic acids is 1. The Morgan fingerprint density at radius 1 is 1.35 bits per heavy atom. The lowest BCUT2D eigenvalue weighted by atomic mass is 10.1. The number of non-ortho nitro benzene ring substituents is 1. The van der Waals surface area contributed by atoms with Crippen LogP contribution in [0.2, 0.25) is 5.02 Å². The van der Waals surface area contributed by atoms with Gasteiger partial charge >= 0.3 is 0 Å². The van der Waals surface area contributed by atoms with Gasteiger partial charge in [-0.2, -0.15) is 0 Å². The predicted molar refractivity (Wildman–Crippen MR) is 89.5 cm³/mol. The van der Waals surface area contributed by atoms with Crippen LogP contribution in [0.4, 0.5) is 5.69 Å². The normalized spacial score (nSPS) is 15.0. The molecular weight excluding hydrogens is 318 g/mol. The highest BCUT2D eigenvalue weighted by molar-refractivity contribution is 6.31. The van der Waals surface area contributed by atoms with Crippen molar-refractivity contribution >= 4 is 23.2 Å². The van der Waals surface area contributed by atoms with Crippen LogP contribution in [0.15, 0.2) is 18.2 Å². The number of likely N-dealkylation sites (tertiary alicyclic amines) is 1. The number of nitro groups is 1. The highest BCUT2D eigenvalue weighted by Crippen LogP contribution is 2.23. The molecule has 0 spiro atoms. The van der Waals surface area contributed by atoms with Crippen LogP contribution in [0, 0.1) is 10.1 Å². The van der Waals surface area contributed by atoms with E-state index in [1.165, 1.54) is 18.6 Å². The van der Waals surface area contributed by atoms with Gasteiger partial charge in [0.25, 0.3) is 5.69 Å². The monoisotopic (exact) mass is 339 g/mol. The molecule has 0 N–H and O–H groups in total. The van der Waals surface area contributed by atoms with Gasteiger partial charge in [-0.25, -0.2) is 0 Å². The van der Waals surface area contributed by atoms with E-state index in [1.54, 1.807) is 6.07 Å². The molecule has 2 rings (SSSR count). The van der Waals surface area contributed by atoms with Crippen molar-refractivity contribution < 1.29 is 9.72 Å². The van der Waals surface area contributed by atoms with Crippen LogP contribution in [0.5, 0.6) is 0 Å². The summed E-state index contributed by atoms with van der Waals surface area (Å²) in [5.74, 6) is 0.182. The predicted octanol–water partition coefficient (Wildman–Crippen LogP) is 3.08. The number of carbonyl (C=O) groups is 1. The summed E-state index contributed by atoms with van der Waals surface area (Å²) in [6.07, 6.45) is 3.84. The van der Waals surface area contributed by atoms with E-state index in [2.05, 4.69) is 0 Å². The van der Waals surface area contributed by atoms with Crippen molar-refractivity contribution in [2.45, 2.75) is 32.2 Å². The molecule has 0 bridgehead atoms. The smallest absolute Gasteiger partial charge is 0.269 e. The fraction of sp³-hybridized carbons (Fsp3) is 0.562. The van der Waals surface area contributed by atoms with E-state index >= 15 is 0 Å². The van der Waals surface area contributed by atoms with Gasteiger partial charge in [-0.15, -0.1) is 0 Å². The van der Waals surface area contributed by atoms with Gasteiger partial charge in [-0.1, -0.05) is 11.6 Å². The molecule has 0 unspecified atom stereocenters. The van der Waals surface area contributed by atoms with E-state index < -0.39 is 4.92 Å². The van der Waals surface area contributed by atoms with Crippen molar-refractivity contribution in [1.29, 1.82) is 0 Å². The lowest BCUT2D eigenvalue weighted by molar-refractivity contribution is -0.384. The number of hydrogen-bond acceptors (Lipinski definition) is 4. The standard InChI is InChI=1S/C16H22ClN3O3/c1-18(10-7-16(21)19-8-3-2-4-9-19)12-13-11-14(20(22)23)5-6-15(13)17/h5-6,11H,2-4,7-10,12H2,1H3. The maximum absolute atomic E-state index is 12.1. The van der Waals surface area contributed by atoms with Crippen molar-refractivity contribution in [2.24, 2.45) is 0 Å². The van der Waals surface area contributed by atoms with E-state index in [0.29, 0.717) is 30.1 Å². The molecule has 1 heterocycles. The number of amides is 1. The fourth-order valence-corrected chi connectivity index (χ4v) is 2.93. The van der Waals surface area contributed by atoms with Gasteiger partial charge in [0.1, 0.15) is 0 Å². The molecule has 1 aromatic rings. The van der Waals surface area contributed by atoms with E-state index in [-0.39, 0.29) is 11.6 Å². The molecule has 1 aliphatic heterocycles. The maximum Gasteiger partial charge on any atom is 0.269 e. The molecule has 1 amide bonds. The Morgan fingerprint density at radius 2 is 2.04 bits per heavy atom. The molecule has 126 valence electrons. The lowest BCUT2D eigenvalue weighted by Crippen LogP contribution is -2.37. The molecule has 0 aliphatic carbocycles. The first-order valence-corrected chi connectivity index (χ1v) is 8.24. The SMILES string of the molecule is CN(CCC(=O)N1CCCCC1)Cc1cc([N+](=O)[O-])ccc1Cl. The first-order valence-electron chi connectivity index (χ1n) is 7.86. The van der Waals surface area contributed by atoms with Crippen LogP contribution >= 0.6 is 11.6 Å². The summed E-state index contributed by atoms with van der Waals surface area (Å²) >= 11 is 6.10. The fourth-order valence-electron chi connectivity index (χ4n) is 2.75. The van der Waals surface area contributed by atoms with Crippen LogP contribution in [0.1, 0.15) is 31.2 Å². The quantitative estimate of drug-likeness (QED) is 0.590. The minimum atomic E-state index is -0.431. The van der Waals surface area contributed by atoms with E-state index in [9.17, 15) is 14.9 Å². The maximum atomic E-state index is 12.1. The van der Waals surface area contributed by atoms with Gasteiger partial charge in [0.05, 0.1) is 4.92 Å². The van der Waals surface area contributed by atoms with E-state index in [4.69, 9.17) is 11.6 Å². The number of nitrogens with zero attached hydrogens (tertiary/aromatic N) is 3. The molecular formula is C16H22ClN3O3. The van der Waals surface area contributed by atoms with E-state index in [1.807, 2.05) is 16.8 Å². The summed E-state index contributed by atoms with van der Waals surface area (Å²) in [4.78, 5) is 26.5. The van der Waals surface area contributed by atoms with Crippen molar-refractivity contribution in [2.75, 3.05) is 26.7 Å². The Labute approximate surface area is 141 Å². The second-order valence-electron chi connectivity index (χ2n) is 5.96. The van der Waals surface area contributed by atoms with Gasteiger partial charge in [0, 0.05) is 49.8 Å². The highest BCUT2D eigenvalue weighted by atomic mass is 35.5. The Kier molecular flexibility index (Phi) is 6.36. The number of halogens is 1. The zero-order valence-corrected chi connectivity index (χ0v) is 14.1. The molecule has 0 saturated carbocycles. The van der Waals surface area contributed by atoms with Crippen LogP contribution in [-0.4, -0.2) is 47.3 Å². The molecule has 1 aromatic carbocycles. The molecule has 23 heavy (non-hydrogen) atoms. The van der Waals surface area contributed by atoms with Gasteiger partial charge in [0.15, 0.2) is 0 Å². The third-order valence-corrected chi connectivity index (χ3v) is 4.47. The summed E-state index contributed by atoms with van der Waals surface area (Å²) in [6.45, 7) is 2.81. The first kappa shape index (κ1) is 17.7. The molecule has 0 aromatic heterocycles. The third-order valence-electron chi connectivity index (χ3n) is 4.10. The molecule has 1 saturated heterocycles. The first-order chi connectivity index (χ1) is 11.0. The average molecular weight is 340 g/mol. The molecule has 0 atom stereocenters. The van der Waals surface area contributed by atoms with E-state index in [0.717, 1.165) is 25.9 Å². The molecule has 1 aliphatic rings. The highest BCUT2D eigenvalue weighted by Gasteiger charge is 2.17. The Balaban J connectivity index is 1.86. The third kappa shape index (κ3) is 5.18. The number of nitro benzene ring substituents is 1. The van der Waals surface area contributed by atoms with Crippen LogP contribution < -0.4 is 0 Å². The zero-order chi connectivity index (χ0) is 16.8.